The highest BCUT2D eigenvalue weighted by Crippen LogP contribution is 2.56. The molecule has 2 aliphatic rings. The van der Waals surface area contributed by atoms with Gasteiger partial charge in [0.25, 0.3) is 0 Å². The standard InChI is InChI=1S/C8H6Cl2O2/c9-8(10)5-2-1-4(3-11)6(5)7(8)12/h1,3,5-6H,2H2. The second-order valence-corrected chi connectivity index (χ2v) is 4.51. The van der Waals surface area contributed by atoms with Crippen LogP contribution in [0.25, 0.3) is 0 Å². The molecule has 0 aromatic rings. The van der Waals surface area contributed by atoms with Gasteiger partial charge in [-0.3, -0.25) is 9.59 Å². The molecule has 0 saturated heterocycles. The molecule has 1 fully saturated rings. The van der Waals surface area contributed by atoms with Gasteiger partial charge in [0.15, 0.2) is 10.1 Å². The molecule has 0 radical (unpaired) electrons. The van der Waals surface area contributed by atoms with Crippen LogP contribution >= 0.6 is 23.2 Å². The summed E-state index contributed by atoms with van der Waals surface area (Å²) in [5.41, 5.74) is 0.543. The molecular formula is C8H6Cl2O2. The first-order valence-electron chi connectivity index (χ1n) is 3.66. The molecule has 2 rings (SSSR count). The highest BCUT2D eigenvalue weighted by Gasteiger charge is 2.62. The smallest absolute Gasteiger partial charge is 0.180 e. The van der Waals surface area contributed by atoms with E-state index in [1.165, 1.54) is 0 Å². The van der Waals surface area contributed by atoms with Crippen molar-refractivity contribution < 1.29 is 9.59 Å². The van der Waals surface area contributed by atoms with Crippen molar-refractivity contribution in [3.05, 3.63) is 11.6 Å². The highest BCUT2D eigenvalue weighted by atomic mass is 35.5. The fourth-order valence-corrected chi connectivity index (χ4v) is 2.53. The molecule has 12 heavy (non-hydrogen) atoms. The maximum atomic E-state index is 11.3. The van der Waals surface area contributed by atoms with Gasteiger partial charge in [0.1, 0.15) is 6.29 Å². The van der Waals surface area contributed by atoms with Gasteiger partial charge in [-0.25, -0.2) is 0 Å². The number of allylic oxidation sites excluding steroid dienone is 2. The Morgan fingerprint density at radius 3 is 2.83 bits per heavy atom. The number of hydrogen-bond donors (Lipinski definition) is 0. The number of aldehydes is 1. The molecule has 0 aliphatic heterocycles. The first-order chi connectivity index (χ1) is 5.59. The maximum Gasteiger partial charge on any atom is 0.180 e. The average Bonchev–Trinajstić information content (AvgIpc) is 2.44. The molecule has 0 N–H and O–H groups in total. The summed E-state index contributed by atoms with van der Waals surface area (Å²) in [4.78, 5) is 21.7. The van der Waals surface area contributed by atoms with E-state index in [0.29, 0.717) is 18.3 Å². The molecule has 2 atom stereocenters. The van der Waals surface area contributed by atoms with Crippen LogP contribution in [0.2, 0.25) is 0 Å². The van der Waals surface area contributed by atoms with E-state index in [1.807, 2.05) is 0 Å². The zero-order chi connectivity index (χ0) is 8.93. The Balaban J connectivity index is 2.29. The van der Waals surface area contributed by atoms with Crippen LogP contribution in [0.5, 0.6) is 0 Å². The van der Waals surface area contributed by atoms with Gasteiger partial charge in [-0.2, -0.15) is 0 Å². The van der Waals surface area contributed by atoms with E-state index in [4.69, 9.17) is 23.2 Å². The van der Waals surface area contributed by atoms with E-state index >= 15 is 0 Å². The SMILES string of the molecule is O=CC1=CCC2C1C(=O)C2(Cl)Cl. The molecule has 2 unspecified atom stereocenters. The zero-order valence-corrected chi connectivity index (χ0v) is 7.60. The van der Waals surface area contributed by atoms with Crippen molar-refractivity contribution in [3.63, 3.8) is 0 Å². The molecule has 4 heteroatoms. The summed E-state index contributed by atoms with van der Waals surface area (Å²) >= 11 is 11.5. The number of halogens is 2. The molecule has 0 heterocycles. The van der Waals surface area contributed by atoms with Gasteiger partial charge in [0.05, 0.1) is 5.92 Å². The topological polar surface area (TPSA) is 34.1 Å². The van der Waals surface area contributed by atoms with Crippen molar-refractivity contribution in [2.75, 3.05) is 0 Å². The maximum absolute atomic E-state index is 11.3. The Morgan fingerprint density at radius 2 is 2.25 bits per heavy atom. The fraction of sp³-hybridized carbons (Fsp3) is 0.500. The predicted octanol–water partition coefficient (Wildman–Crippen LogP) is 1.50. The van der Waals surface area contributed by atoms with Crippen molar-refractivity contribution in [1.82, 2.24) is 0 Å². The Morgan fingerprint density at radius 1 is 1.58 bits per heavy atom. The number of alkyl halides is 2. The van der Waals surface area contributed by atoms with Crippen LogP contribution in [0.15, 0.2) is 11.6 Å². The third-order valence-corrected chi connectivity index (χ3v) is 3.51. The molecular weight excluding hydrogens is 199 g/mol. The number of fused-ring (bicyclic) bond motifs is 1. The summed E-state index contributed by atoms with van der Waals surface area (Å²) < 4.78 is -1.24. The lowest BCUT2D eigenvalue weighted by Crippen LogP contribution is -2.55. The first kappa shape index (κ1) is 8.27. The first-order valence-corrected chi connectivity index (χ1v) is 4.42. The summed E-state index contributed by atoms with van der Waals surface area (Å²) in [6.07, 6.45) is 3.09. The molecule has 1 saturated carbocycles. The minimum Gasteiger partial charge on any atom is -0.298 e. The summed E-state index contributed by atoms with van der Waals surface area (Å²) in [5, 5.41) is 0. The molecule has 0 aromatic heterocycles. The van der Waals surface area contributed by atoms with Crippen molar-refractivity contribution >= 4 is 35.3 Å². The molecule has 64 valence electrons. The Labute approximate surface area is 79.5 Å². The van der Waals surface area contributed by atoms with Crippen LogP contribution < -0.4 is 0 Å². The van der Waals surface area contributed by atoms with E-state index in [9.17, 15) is 9.59 Å². The normalized spacial score (nSPS) is 36.8. The summed E-state index contributed by atoms with van der Waals surface area (Å²) in [5.74, 6) is -0.627. The highest BCUT2D eigenvalue weighted by molar-refractivity contribution is 6.61. The van der Waals surface area contributed by atoms with Crippen LogP contribution in [-0.4, -0.2) is 16.4 Å². The van der Waals surface area contributed by atoms with E-state index < -0.39 is 4.33 Å². The number of carbonyl (C=O) groups is 2. The zero-order valence-electron chi connectivity index (χ0n) is 6.09. The number of hydrogen-bond acceptors (Lipinski definition) is 2. The van der Waals surface area contributed by atoms with Crippen molar-refractivity contribution in [2.45, 2.75) is 10.8 Å². The van der Waals surface area contributed by atoms with E-state index in [0.717, 1.165) is 0 Å². The second kappa shape index (κ2) is 2.33. The van der Waals surface area contributed by atoms with Gasteiger partial charge in [0, 0.05) is 5.92 Å². The van der Waals surface area contributed by atoms with E-state index in [1.54, 1.807) is 6.08 Å². The molecule has 0 bridgehead atoms. The number of ketones is 1. The average molecular weight is 205 g/mol. The number of Topliss-reactive ketones (excluding diaryl/α,β-unsaturated/α-hetero) is 1. The quantitative estimate of drug-likeness (QED) is 0.480. The number of carbonyl (C=O) groups excluding carboxylic acids is 2. The van der Waals surface area contributed by atoms with Gasteiger partial charge >= 0.3 is 0 Å². The molecule has 0 aromatic carbocycles. The summed E-state index contributed by atoms with van der Waals surface area (Å²) in [7, 11) is 0. The second-order valence-electron chi connectivity index (χ2n) is 3.13. The monoisotopic (exact) mass is 204 g/mol. The molecule has 0 amide bonds. The van der Waals surface area contributed by atoms with Gasteiger partial charge < -0.3 is 0 Å². The Kier molecular flexibility index (Phi) is 1.61. The fourth-order valence-electron chi connectivity index (χ4n) is 1.87. The lowest BCUT2D eigenvalue weighted by Gasteiger charge is -2.41. The van der Waals surface area contributed by atoms with Crippen molar-refractivity contribution in [2.24, 2.45) is 11.8 Å². The van der Waals surface area contributed by atoms with E-state index in [-0.39, 0.29) is 17.6 Å². The van der Waals surface area contributed by atoms with Gasteiger partial charge in [-0.15, -0.1) is 0 Å². The largest absolute Gasteiger partial charge is 0.298 e. The minimum absolute atomic E-state index is 0.0754. The van der Waals surface area contributed by atoms with Crippen LogP contribution in [0.4, 0.5) is 0 Å². The number of rotatable bonds is 1. The summed E-state index contributed by atoms with van der Waals surface area (Å²) in [6.45, 7) is 0. The van der Waals surface area contributed by atoms with Crippen LogP contribution in [0, 0.1) is 11.8 Å². The van der Waals surface area contributed by atoms with Crippen LogP contribution in [-0.2, 0) is 9.59 Å². The molecule has 0 spiro atoms. The lowest BCUT2D eigenvalue weighted by molar-refractivity contribution is -0.133. The van der Waals surface area contributed by atoms with Crippen molar-refractivity contribution in [3.8, 4) is 0 Å². The van der Waals surface area contributed by atoms with Gasteiger partial charge in [0.2, 0.25) is 0 Å². The summed E-state index contributed by atoms with van der Waals surface area (Å²) in [6, 6.07) is 0. The van der Waals surface area contributed by atoms with Crippen molar-refractivity contribution in [1.29, 1.82) is 0 Å². The minimum atomic E-state index is -1.24. The lowest BCUT2D eigenvalue weighted by atomic mass is 9.71. The Bertz CT molecular complexity index is 293. The molecule has 2 aliphatic carbocycles. The van der Waals surface area contributed by atoms with Gasteiger partial charge in [-0.05, 0) is 12.0 Å². The molecule has 2 nitrogen and oxygen atoms in total. The van der Waals surface area contributed by atoms with Gasteiger partial charge in [-0.1, -0.05) is 29.3 Å². The third-order valence-electron chi connectivity index (χ3n) is 2.58. The third kappa shape index (κ3) is 0.771. The van der Waals surface area contributed by atoms with E-state index in [2.05, 4.69) is 0 Å². The predicted molar refractivity (Wildman–Crippen MR) is 45.2 cm³/mol. The van der Waals surface area contributed by atoms with Crippen LogP contribution in [0.1, 0.15) is 6.42 Å². The Hall–Kier alpha value is -0.340. The van der Waals surface area contributed by atoms with Crippen LogP contribution in [0.3, 0.4) is 0 Å².